The minimum absolute atomic E-state index is 0.00563. The maximum Gasteiger partial charge on any atom is 0.215 e. The molecule has 100 valence electrons. The van der Waals surface area contributed by atoms with E-state index in [0.29, 0.717) is 13.2 Å². The van der Waals surface area contributed by atoms with Crippen LogP contribution in [0.2, 0.25) is 0 Å². The summed E-state index contributed by atoms with van der Waals surface area (Å²) in [5, 5.41) is 0. The molecule has 4 nitrogen and oxygen atoms in total. The predicted octanol–water partition coefficient (Wildman–Crippen LogP) is 1.70. The molecule has 1 N–H and O–H groups in total. The Morgan fingerprint density at radius 1 is 1.33 bits per heavy atom. The fourth-order valence-corrected chi connectivity index (χ4v) is 2.49. The van der Waals surface area contributed by atoms with Crippen molar-refractivity contribution < 1.29 is 13.2 Å². The first kappa shape index (κ1) is 14.9. The number of hydrogen-bond donors (Lipinski definition) is 1. The Balaban J connectivity index is 2.30. The van der Waals surface area contributed by atoms with Gasteiger partial charge in [0.2, 0.25) is 10.0 Å². The Kier molecular flexibility index (Phi) is 6.04. The van der Waals surface area contributed by atoms with Gasteiger partial charge in [-0.1, -0.05) is 42.5 Å². The van der Waals surface area contributed by atoms with Crippen LogP contribution in [0.5, 0.6) is 0 Å². The lowest BCUT2D eigenvalue weighted by Crippen LogP contribution is -2.28. The van der Waals surface area contributed by atoms with Gasteiger partial charge in [-0.3, -0.25) is 0 Å². The molecular weight excluding hydrogens is 250 g/mol. The summed E-state index contributed by atoms with van der Waals surface area (Å²) in [6, 6.07) is 9.07. The maximum absolute atomic E-state index is 11.7. The second-order valence-electron chi connectivity index (χ2n) is 4.15. The van der Waals surface area contributed by atoms with Crippen LogP contribution >= 0.6 is 0 Å². The highest BCUT2D eigenvalue weighted by molar-refractivity contribution is 7.88. The Labute approximate surface area is 109 Å². The van der Waals surface area contributed by atoms with Crippen LogP contribution in [-0.4, -0.2) is 28.2 Å². The summed E-state index contributed by atoms with van der Waals surface area (Å²) in [6.07, 6.45) is 0. The lowest BCUT2D eigenvalue weighted by Gasteiger charge is -2.07. The van der Waals surface area contributed by atoms with E-state index < -0.39 is 10.0 Å². The fraction of sp³-hybridized carbons (Fsp3) is 0.385. The van der Waals surface area contributed by atoms with Gasteiger partial charge in [0.15, 0.2) is 0 Å². The Bertz CT molecular complexity index is 468. The molecule has 1 rings (SSSR count). The number of sulfonamides is 1. The summed E-state index contributed by atoms with van der Waals surface area (Å²) in [7, 11) is -3.29. The van der Waals surface area contributed by atoms with Crippen LogP contribution in [0.1, 0.15) is 12.5 Å². The van der Waals surface area contributed by atoms with Gasteiger partial charge in [-0.25, -0.2) is 13.1 Å². The van der Waals surface area contributed by atoms with E-state index in [4.69, 9.17) is 4.74 Å². The van der Waals surface area contributed by atoms with Crippen molar-refractivity contribution in [2.24, 2.45) is 0 Å². The molecule has 0 saturated heterocycles. The SMILES string of the molecule is C=C(C)COCCNS(=O)(=O)Cc1ccccc1. The van der Waals surface area contributed by atoms with Gasteiger partial charge in [-0.2, -0.15) is 0 Å². The van der Waals surface area contributed by atoms with Crippen molar-refractivity contribution in [2.45, 2.75) is 12.7 Å². The molecule has 0 heterocycles. The Morgan fingerprint density at radius 2 is 2.00 bits per heavy atom. The fourth-order valence-electron chi connectivity index (χ4n) is 1.36. The van der Waals surface area contributed by atoms with Crippen LogP contribution in [0.3, 0.4) is 0 Å². The summed E-state index contributed by atoms with van der Waals surface area (Å²) < 4.78 is 31.1. The number of ether oxygens (including phenoxy) is 1. The van der Waals surface area contributed by atoms with Gasteiger partial charge in [0.1, 0.15) is 0 Å². The topological polar surface area (TPSA) is 55.4 Å². The molecule has 1 aromatic rings. The summed E-state index contributed by atoms with van der Waals surface area (Å²) in [4.78, 5) is 0. The lowest BCUT2D eigenvalue weighted by atomic mass is 10.2. The lowest BCUT2D eigenvalue weighted by molar-refractivity contribution is 0.162. The molecule has 0 atom stereocenters. The largest absolute Gasteiger partial charge is 0.376 e. The second-order valence-corrected chi connectivity index (χ2v) is 5.96. The van der Waals surface area contributed by atoms with Gasteiger partial charge in [0.05, 0.1) is 19.0 Å². The van der Waals surface area contributed by atoms with Crippen molar-refractivity contribution in [3.05, 3.63) is 48.0 Å². The molecule has 0 unspecified atom stereocenters. The number of nitrogens with one attached hydrogen (secondary N) is 1. The number of hydrogen-bond acceptors (Lipinski definition) is 3. The van der Waals surface area contributed by atoms with Crippen LogP contribution in [0.4, 0.5) is 0 Å². The first-order valence-corrected chi connectivity index (χ1v) is 7.38. The normalized spacial score (nSPS) is 11.4. The molecule has 0 spiro atoms. The van der Waals surface area contributed by atoms with E-state index in [2.05, 4.69) is 11.3 Å². The van der Waals surface area contributed by atoms with Crippen LogP contribution < -0.4 is 4.72 Å². The monoisotopic (exact) mass is 269 g/mol. The molecule has 0 fully saturated rings. The smallest absolute Gasteiger partial charge is 0.215 e. The highest BCUT2D eigenvalue weighted by Gasteiger charge is 2.10. The molecule has 0 amide bonds. The third-order valence-corrected chi connectivity index (χ3v) is 3.47. The van der Waals surface area contributed by atoms with E-state index in [1.807, 2.05) is 25.1 Å². The van der Waals surface area contributed by atoms with E-state index in [1.165, 1.54) is 0 Å². The van der Waals surface area contributed by atoms with Crippen LogP contribution in [0.25, 0.3) is 0 Å². The highest BCUT2D eigenvalue weighted by atomic mass is 32.2. The van der Waals surface area contributed by atoms with Gasteiger partial charge in [0.25, 0.3) is 0 Å². The zero-order valence-corrected chi connectivity index (χ0v) is 11.4. The predicted molar refractivity (Wildman–Crippen MR) is 72.7 cm³/mol. The quantitative estimate of drug-likeness (QED) is 0.577. The van der Waals surface area contributed by atoms with Crippen molar-refractivity contribution in [1.29, 1.82) is 0 Å². The van der Waals surface area contributed by atoms with Gasteiger partial charge in [-0.15, -0.1) is 0 Å². The molecule has 0 aromatic heterocycles. The van der Waals surface area contributed by atoms with E-state index in [-0.39, 0.29) is 12.3 Å². The first-order valence-electron chi connectivity index (χ1n) is 5.73. The van der Waals surface area contributed by atoms with Crippen molar-refractivity contribution in [3.63, 3.8) is 0 Å². The zero-order valence-electron chi connectivity index (χ0n) is 10.6. The molecule has 0 aliphatic rings. The van der Waals surface area contributed by atoms with Crippen LogP contribution in [0, 0.1) is 0 Å². The molecule has 5 heteroatoms. The molecule has 18 heavy (non-hydrogen) atoms. The molecule has 0 saturated carbocycles. The van der Waals surface area contributed by atoms with Crippen molar-refractivity contribution in [2.75, 3.05) is 19.8 Å². The Hall–Kier alpha value is -1.17. The number of rotatable bonds is 8. The van der Waals surface area contributed by atoms with Crippen molar-refractivity contribution in [3.8, 4) is 0 Å². The molecular formula is C13H19NO3S. The molecule has 0 radical (unpaired) electrons. The molecule has 0 bridgehead atoms. The number of benzene rings is 1. The summed E-state index contributed by atoms with van der Waals surface area (Å²) in [5.74, 6) is -0.00563. The minimum Gasteiger partial charge on any atom is -0.376 e. The van der Waals surface area contributed by atoms with Crippen molar-refractivity contribution in [1.82, 2.24) is 4.72 Å². The molecule has 1 aromatic carbocycles. The third-order valence-electron chi connectivity index (χ3n) is 2.12. The van der Waals surface area contributed by atoms with Gasteiger partial charge in [0, 0.05) is 6.54 Å². The maximum atomic E-state index is 11.7. The van der Waals surface area contributed by atoms with Crippen molar-refractivity contribution >= 4 is 10.0 Å². The van der Waals surface area contributed by atoms with E-state index >= 15 is 0 Å². The van der Waals surface area contributed by atoms with Gasteiger partial charge in [-0.05, 0) is 12.5 Å². The first-order chi connectivity index (χ1) is 8.49. The highest BCUT2D eigenvalue weighted by Crippen LogP contribution is 2.03. The van der Waals surface area contributed by atoms with E-state index in [0.717, 1.165) is 11.1 Å². The Morgan fingerprint density at radius 3 is 2.61 bits per heavy atom. The zero-order chi connectivity index (χ0) is 13.4. The summed E-state index contributed by atoms with van der Waals surface area (Å²) >= 11 is 0. The van der Waals surface area contributed by atoms with E-state index in [1.54, 1.807) is 12.1 Å². The molecule has 0 aliphatic carbocycles. The van der Waals surface area contributed by atoms with Crippen LogP contribution in [0.15, 0.2) is 42.5 Å². The van der Waals surface area contributed by atoms with E-state index in [9.17, 15) is 8.42 Å². The minimum atomic E-state index is -3.29. The average molecular weight is 269 g/mol. The summed E-state index contributed by atoms with van der Waals surface area (Å²) in [5.41, 5.74) is 1.69. The average Bonchev–Trinajstić information content (AvgIpc) is 2.28. The van der Waals surface area contributed by atoms with Gasteiger partial charge < -0.3 is 4.74 Å². The third kappa shape index (κ3) is 6.54. The van der Waals surface area contributed by atoms with Crippen LogP contribution in [-0.2, 0) is 20.5 Å². The summed E-state index contributed by atoms with van der Waals surface area (Å²) in [6.45, 7) is 6.64. The second kappa shape index (κ2) is 7.31. The standard InChI is InChI=1S/C13H19NO3S/c1-12(2)10-17-9-8-14-18(15,16)11-13-6-4-3-5-7-13/h3-7,14H,1,8-11H2,2H3. The van der Waals surface area contributed by atoms with Gasteiger partial charge >= 0.3 is 0 Å². The molecule has 0 aliphatic heterocycles.